The van der Waals surface area contributed by atoms with Crippen molar-refractivity contribution in [3.63, 3.8) is 0 Å². The fourth-order valence-corrected chi connectivity index (χ4v) is 2.40. The highest BCUT2D eigenvalue weighted by atomic mass is 79.9. The van der Waals surface area contributed by atoms with E-state index in [1.165, 1.54) is 0 Å². The van der Waals surface area contributed by atoms with Crippen LogP contribution in [0.25, 0.3) is 0 Å². The number of ether oxygens (including phenoxy) is 1. The van der Waals surface area contributed by atoms with Crippen LogP contribution in [-0.4, -0.2) is 10.1 Å². The third kappa shape index (κ3) is 3.28. The number of halogens is 2. The van der Waals surface area contributed by atoms with Gasteiger partial charge in [0.1, 0.15) is 5.75 Å². The number of rotatable bonds is 3. The molecule has 1 heterocycles. The summed E-state index contributed by atoms with van der Waals surface area (Å²) in [5.41, 5.74) is 0.579. The first-order valence-electron chi connectivity index (χ1n) is 4.89. The van der Waals surface area contributed by atoms with E-state index in [9.17, 15) is 0 Å². The summed E-state index contributed by atoms with van der Waals surface area (Å²) in [6.07, 6.45) is 0. The maximum absolute atomic E-state index is 8.99. The quantitative estimate of drug-likeness (QED) is 0.904. The largest absolute Gasteiger partial charge is 0.438 e. The first-order valence-corrected chi connectivity index (χ1v) is 6.47. The van der Waals surface area contributed by atoms with Gasteiger partial charge in [-0.2, -0.15) is 0 Å². The second kappa shape index (κ2) is 5.62. The fourth-order valence-electron chi connectivity index (χ4n) is 1.27. The molecule has 0 fully saturated rings. The maximum Gasteiger partial charge on any atom is 0.219 e. The molecule has 2 aromatic rings. The lowest BCUT2D eigenvalue weighted by molar-refractivity contribution is 0.275. The van der Waals surface area contributed by atoms with Gasteiger partial charge in [-0.05, 0) is 40.2 Å². The number of aromatic nitrogens is 1. The van der Waals surface area contributed by atoms with Crippen LogP contribution in [0.2, 0.25) is 0 Å². The number of hydrogen-bond donors (Lipinski definition) is 1. The average Bonchev–Trinajstić information content (AvgIpc) is 2.33. The summed E-state index contributed by atoms with van der Waals surface area (Å²) in [5, 5.41) is 8.99. The summed E-state index contributed by atoms with van der Waals surface area (Å²) in [6, 6.07) is 10.9. The van der Waals surface area contributed by atoms with E-state index in [-0.39, 0.29) is 6.61 Å². The Kier molecular flexibility index (Phi) is 4.15. The highest BCUT2D eigenvalue weighted by molar-refractivity contribution is 9.11. The van der Waals surface area contributed by atoms with Crippen molar-refractivity contribution in [2.45, 2.75) is 6.61 Å². The molecule has 0 bridgehead atoms. The number of hydrogen-bond acceptors (Lipinski definition) is 3. The van der Waals surface area contributed by atoms with Gasteiger partial charge in [0, 0.05) is 10.5 Å². The van der Waals surface area contributed by atoms with Crippen molar-refractivity contribution in [3.05, 3.63) is 51.0 Å². The van der Waals surface area contributed by atoms with E-state index in [1.807, 2.05) is 18.2 Å². The number of aliphatic hydroxyl groups is 1. The molecule has 0 radical (unpaired) electrons. The van der Waals surface area contributed by atoms with E-state index in [4.69, 9.17) is 9.84 Å². The molecule has 88 valence electrons. The average molecular weight is 359 g/mol. The molecule has 0 aliphatic rings. The number of nitrogens with zero attached hydrogens (tertiary/aromatic N) is 1. The Hall–Kier alpha value is -0.910. The Balaban J connectivity index is 2.25. The molecule has 3 nitrogen and oxygen atoms in total. The molecule has 0 aliphatic heterocycles. The predicted molar refractivity (Wildman–Crippen MR) is 72.1 cm³/mol. The normalized spacial score (nSPS) is 10.3. The lowest BCUT2D eigenvalue weighted by atomic mass is 10.3. The maximum atomic E-state index is 8.99. The summed E-state index contributed by atoms with van der Waals surface area (Å²) in [7, 11) is 0. The van der Waals surface area contributed by atoms with Crippen LogP contribution in [0.4, 0.5) is 0 Å². The molecule has 1 aromatic carbocycles. The Morgan fingerprint density at radius 2 is 2.00 bits per heavy atom. The van der Waals surface area contributed by atoms with Gasteiger partial charge >= 0.3 is 0 Å². The highest BCUT2D eigenvalue weighted by Gasteiger charge is 2.04. The van der Waals surface area contributed by atoms with Crippen LogP contribution in [0.1, 0.15) is 5.69 Å². The van der Waals surface area contributed by atoms with Gasteiger partial charge in [0.2, 0.25) is 5.88 Å². The van der Waals surface area contributed by atoms with Gasteiger partial charge in [0.05, 0.1) is 16.8 Å². The fraction of sp³-hybridized carbons (Fsp3) is 0.0833. The molecule has 1 aromatic heterocycles. The molecule has 17 heavy (non-hydrogen) atoms. The van der Waals surface area contributed by atoms with Crippen LogP contribution < -0.4 is 4.74 Å². The number of benzene rings is 1. The van der Waals surface area contributed by atoms with Crippen molar-refractivity contribution in [2.24, 2.45) is 0 Å². The minimum absolute atomic E-state index is 0.0985. The van der Waals surface area contributed by atoms with Crippen LogP contribution >= 0.6 is 31.9 Å². The molecular formula is C12H9Br2NO2. The van der Waals surface area contributed by atoms with Gasteiger partial charge in [-0.1, -0.05) is 22.0 Å². The SMILES string of the molecule is OCc1cccc(Oc2ccc(Br)cc2Br)n1. The minimum atomic E-state index is -0.0985. The smallest absolute Gasteiger partial charge is 0.219 e. The topological polar surface area (TPSA) is 42.4 Å². The van der Waals surface area contributed by atoms with Crippen LogP contribution in [0.3, 0.4) is 0 Å². The predicted octanol–water partition coefficient (Wildman–Crippen LogP) is 3.89. The molecule has 0 atom stereocenters. The van der Waals surface area contributed by atoms with E-state index < -0.39 is 0 Å². The summed E-state index contributed by atoms with van der Waals surface area (Å²) >= 11 is 6.78. The van der Waals surface area contributed by atoms with Crippen molar-refractivity contribution in [1.29, 1.82) is 0 Å². The van der Waals surface area contributed by atoms with Crippen molar-refractivity contribution in [1.82, 2.24) is 4.98 Å². The highest BCUT2D eigenvalue weighted by Crippen LogP contribution is 2.31. The third-order valence-corrected chi connectivity index (χ3v) is 3.16. The molecule has 0 unspecified atom stereocenters. The van der Waals surface area contributed by atoms with Crippen LogP contribution in [0, 0.1) is 0 Å². The molecule has 0 amide bonds. The van der Waals surface area contributed by atoms with E-state index in [0.29, 0.717) is 17.3 Å². The second-order valence-corrected chi connectivity index (χ2v) is 5.07. The molecule has 0 saturated carbocycles. The van der Waals surface area contributed by atoms with Crippen molar-refractivity contribution in [3.8, 4) is 11.6 Å². The summed E-state index contributed by atoms with van der Waals surface area (Å²) in [5.74, 6) is 1.13. The van der Waals surface area contributed by atoms with E-state index >= 15 is 0 Å². The third-order valence-electron chi connectivity index (χ3n) is 2.05. The minimum Gasteiger partial charge on any atom is -0.438 e. The van der Waals surface area contributed by atoms with E-state index in [1.54, 1.807) is 18.2 Å². The molecule has 1 N–H and O–H groups in total. The zero-order valence-electron chi connectivity index (χ0n) is 8.73. The van der Waals surface area contributed by atoms with Gasteiger partial charge in [-0.3, -0.25) is 0 Å². The van der Waals surface area contributed by atoms with Crippen LogP contribution in [-0.2, 0) is 6.61 Å². The van der Waals surface area contributed by atoms with Crippen LogP contribution in [0.5, 0.6) is 11.6 Å². The molecule has 0 spiro atoms. The first kappa shape index (κ1) is 12.5. The van der Waals surface area contributed by atoms with Crippen molar-refractivity contribution >= 4 is 31.9 Å². The first-order chi connectivity index (χ1) is 8.19. The molecule has 2 rings (SSSR count). The number of aliphatic hydroxyl groups excluding tert-OH is 1. The summed E-state index contributed by atoms with van der Waals surface area (Å²) in [4.78, 5) is 4.15. The van der Waals surface area contributed by atoms with Gasteiger partial charge in [0.15, 0.2) is 0 Å². The van der Waals surface area contributed by atoms with Crippen LogP contribution in [0.15, 0.2) is 45.3 Å². The monoisotopic (exact) mass is 357 g/mol. The summed E-state index contributed by atoms with van der Waals surface area (Å²) in [6.45, 7) is -0.0985. The molecule has 5 heteroatoms. The van der Waals surface area contributed by atoms with Crippen molar-refractivity contribution < 1.29 is 9.84 Å². The van der Waals surface area contributed by atoms with Gasteiger partial charge in [-0.15, -0.1) is 0 Å². The zero-order valence-corrected chi connectivity index (χ0v) is 11.9. The molecular weight excluding hydrogens is 350 g/mol. The molecule has 0 aliphatic carbocycles. The Bertz CT molecular complexity index is 532. The Morgan fingerprint density at radius 3 is 2.71 bits per heavy atom. The number of pyridine rings is 1. The lowest BCUT2D eigenvalue weighted by Crippen LogP contribution is -1.93. The standard InChI is InChI=1S/C12H9Br2NO2/c13-8-4-5-11(10(14)6-8)17-12-3-1-2-9(7-16)15-12/h1-6,16H,7H2. The van der Waals surface area contributed by atoms with Gasteiger partial charge in [0.25, 0.3) is 0 Å². The van der Waals surface area contributed by atoms with E-state index in [2.05, 4.69) is 36.8 Å². The van der Waals surface area contributed by atoms with Crippen molar-refractivity contribution in [2.75, 3.05) is 0 Å². The molecule has 0 saturated heterocycles. The Labute approximate surface area is 116 Å². The van der Waals surface area contributed by atoms with E-state index in [0.717, 1.165) is 8.95 Å². The second-order valence-electron chi connectivity index (χ2n) is 3.30. The Morgan fingerprint density at radius 1 is 1.18 bits per heavy atom. The van der Waals surface area contributed by atoms with Gasteiger partial charge < -0.3 is 9.84 Å². The van der Waals surface area contributed by atoms with Gasteiger partial charge in [-0.25, -0.2) is 4.98 Å². The summed E-state index contributed by atoms with van der Waals surface area (Å²) < 4.78 is 7.42. The zero-order chi connectivity index (χ0) is 12.3. The lowest BCUT2D eigenvalue weighted by Gasteiger charge is -2.07.